The Kier molecular flexibility index (Phi) is 5.38. The monoisotopic (exact) mass is 298 g/mol. The number of carbonyl (C=O) groups excluding carboxylic acids is 1. The molecule has 1 fully saturated rings. The molecule has 1 aromatic rings. The maximum absolute atomic E-state index is 13.6. The van der Waals surface area contributed by atoms with Crippen LogP contribution in [0, 0.1) is 11.7 Å². The molecule has 3 nitrogen and oxygen atoms in total. The van der Waals surface area contributed by atoms with Crippen LogP contribution in [0.4, 0.5) is 4.39 Å². The van der Waals surface area contributed by atoms with Crippen molar-refractivity contribution in [2.45, 2.75) is 19.8 Å². The second-order valence-electron chi connectivity index (χ2n) is 5.18. The number of nitrogens with one attached hydrogen (secondary N) is 1. The topological polar surface area (TPSA) is 32.3 Å². The predicted molar refractivity (Wildman–Crippen MR) is 78.6 cm³/mol. The molecular weight excluding hydrogens is 279 g/mol. The average Bonchev–Trinajstić information content (AvgIpc) is 2.45. The second kappa shape index (κ2) is 7.04. The van der Waals surface area contributed by atoms with E-state index >= 15 is 0 Å². The highest BCUT2D eigenvalue weighted by Crippen LogP contribution is 2.20. The molecule has 1 amide bonds. The number of benzene rings is 1. The average molecular weight is 299 g/mol. The Morgan fingerprint density at radius 2 is 2.15 bits per heavy atom. The van der Waals surface area contributed by atoms with Gasteiger partial charge in [0.1, 0.15) is 5.82 Å². The Hall–Kier alpha value is -1.13. The van der Waals surface area contributed by atoms with E-state index in [0.29, 0.717) is 12.5 Å². The van der Waals surface area contributed by atoms with Crippen LogP contribution in [-0.2, 0) is 0 Å². The first kappa shape index (κ1) is 15.3. The largest absolute Gasteiger partial charge is 0.352 e. The summed E-state index contributed by atoms with van der Waals surface area (Å²) in [7, 11) is 0. The van der Waals surface area contributed by atoms with E-state index < -0.39 is 11.7 Å². The SMILES string of the molecule is CCN1CCC(CNC(=O)c2c(F)cccc2Cl)CC1. The Morgan fingerprint density at radius 3 is 2.75 bits per heavy atom. The molecule has 0 unspecified atom stereocenters. The molecule has 1 saturated heterocycles. The smallest absolute Gasteiger partial charge is 0.255 e. The van der Waals surface area contributed by atoms with E-state index in [1.165, 1.54) is 18.2 Å². The molecular formula is C15H20ClFN2O. The van der Waals surface area contributed by atoms with Crippen molar-refractivity contribution in [1.82, 2.24) is 10.2 Å². The van der Waals surface area contributed by atoms with Crippen LogP contribution >= 0.6 is 11.6 Å². The van der Waals surface area contributed by atoms with E-state index in [2.05, 4.69) is 17.1 Å². The summed E-state index contributed by atoms with van der Waals surface area (Å²) in [5.41, 5.74) is -0.0554. The molecule has 0 saturated carbocycles. The van der Waals surface area contributed by atoms with Gasteiger partial charge in [-0.3, -0.25) is 4.79 Å². The maximum Gasteiger partial charge on any atom is 0.255 e. The molecule has 2 rings (SSSR count). The van der Waals surface area contributed by atoms with E-state index in [4.69, 9.17) is 11.6 Å². The van der Waals surface area contributed by atoms with E-state index in [0.717, 1.165) is 32.5 Å². The molecule has 1 aliphatic heterocycles. The number of nitrogens with zero attached hydrogens (tertiary/aromatic N) is 1. The van der Waals surface area contributed by atoms with Gasteiger partial charge in [0.05, 0.1) is 10.6 Å². The van der Waals surface area contributed by atoms with Gasteiger partial charge in [0.15, 0.2) is 0 Å². The Balaban J connectivity index is 1.87. The van der Waals surface area contributed by atoms with Crippen molar-refractivity contribution in [1.29, 1.82) is 0 Å². The summed E-state index contributed by atoms with van der Waals surface area (Å²) in [6.45, 7) is 5.95. The summed E-state index contributed by atoms with van der Waals surface area (Å²) >= 11 is 5.88. The summed E-state index contributed by atoms with van der Waals surface area (Å²) in [6.07, 6.45) is 2.14. The molecule has 20 heavy (non-hydrogen) atoms. The molecule has 0 aliphatic carbocycles. The van der Waals surface area contributed by atoms with Crippen molar-refractivity contribution in [3.63, 3.8) is 0 Å². The quantitative estimate of drug-likeness (QED) is 0.927. The number of piperidine rings is 1. The number of rotatable bonds is 4. The van der Waals surface area contributed by atoms with Crippen LogP contribution < -0.4 is 5.32 Å². The lowest BCUT2D eigenvalue weighted by Crippen LogP contribution is -2.38. The van der Waals surface area contributed by atoms with E-state index in [9.17, 15) is 9.18 Å². The number of carbonyl (C=O) groups is 1. The maximum atomic E-state index is 13.6. The van der Waals surface area contributed by atoms with Crippen molar-refractivity contribution in [3.8, 4) is 0 Å². The third kappa shape index (κ3) is 3.70. The Labute approximate surface area is 124 Å². The van der Waals surface area contributed by atoms with Gasteiger partial charge in [-0.1, -0.05) is 24.6 Å². The number of amides is 1. The van der Waals surface area contributed by atoms with Crippen LogP contribution in [0.3, 0.4) is 0 Å². The third-order valence-electron chi connectivity index (χ3n) is 3.90. The highest BCUT2D eigenvalue weighted by atomic mass is 35.5. The van der Waals surface area contributed by atoms with Crippen molar-refractivity contribution >= 4 is 17.5 Å². The van der Waals surface area contributed by atoms with Gasteiger partial charge >= 0.3 is 0 Å². The number of halogens is 2. The third-order valence-corrected chi connectivity index (χ3v) is 4.21. The summed E-state index contributed by atoms with van der Waals surface area (Å²) in [5.74, 6) is -0.533. The van der Waals surface area contributed by atoms with Gasteiger partial charge < -0.3 is 10.2 Å². The van der Waals surface area contributed by atoms with Crippen LogP contribution in [-0.4, -0.2) is 37.0 Å². The molecule has 0 spiro atoms. The number of hydrogen-bond donors (Lipinski definition) is 1. The zero-order valence-electron chi connectivity index (χ0n) is 11.7. The summed E-state index contributed by atoms with van der Waals surface area (Å²) in [6, 6.07) is 4.27. The predicted octanol–water partition coefficient (Wildman–Crippen LogP) is 2.94. The molecule has 0 radical (unpaired) electrons. The van der Waals surface area contributed by atoms with Crippen molar-refractivity contribution in [3.05, 3.63) is 34.6 Å². The zero-order chi connectivity index (χ0) is 14.5. The van der Waals surface area contributed by atoms with Gasteiger partial charge in [0.25, 0.3) is 5.91 Å². The minimum Gasteiger partial charge on any atom is -0.352 e. The second-order valence-corrected chi connectivity index (χ2v) is 5.59. The highest BCUT2D eigenvalue weighted by molar-refractivity contribution is 6.33. The molecule has 1 heterocycles. The van der Waals surface area contributed by atoms with E-state index in [1.807, 2.05) is 0 Å². The lowest BCUT2D eigenvalue weighted by atomic mass is 9.96. The van der Waals surface area contributed by atoms with E-state index in [1.54, 1.807) is 0 Å². The minimum absolute atomic E-state index is 0.0554. The van der Waals surface area contributed by atoms with Crippen molar-refractivity contribution in [2.24, 2.45) is 5.92 Å². The van der Waals surface area contributed by atoms with Gasteiger partial charge in [-0.2, -0.15) is 0 Å². The summed E-state index contributed by atoms with van der Waals surface area (Å²) < 4.78 is 13.6. The first-order valence-electron chi connectivity index (χ1n) is 7.06. The standard InChI is InChI=1S/C15H20ClFN2O/c1-2-19-8-6-11(7-9-19)10-18-15(20)14-12(16)4-3-5-13(14)17/h3-5,11H,2,6-10H2,1H3,(H,18,20). The highest BCUT2D eigenvalue weighted by Gasteiger charge is 2.20. The summed E-state index contributed by atoms with van der Waals surface area (Å²) in [5, 5.41) is 2.96. The molecule has 110 valence electrons. The van der Waals surface area contributed by atoms with Crippen LogP contribution in [0.1, 0.15) is 30.1 Å². The lowest BCUT2D eigenvalue weighted by molar-refractivity contribution is 0.0933. The normalized spacial score (nSPS) is 17.1. The molecule has 0 aromatic heterocycles. The van der Waals surface area contributed by atoms with Crippen LogP contribution in [0.2, 0.25) is 5.02 Å². The van der Waals surface area contributed by atoms with Gasteiger partial charge in [-0.15, -0.1) is 0 Å². The van der Waals surface area contributed by atoms with Gasteiger partial charge in [-0.25, -0.2) is 4.39 Å². The van der Waals surface area contributed by atoms with Crippen LogP contribution in [0.5, 0.6) is 0 Å². The van der Waals surface area contributed by atoms with Crippen molar-refractivity contribution < 1.29 is 9.18 Å². The molecule has 0 atom stereocenters. The van der Waals surface area contributed by atoms with Gasteiger partial charge in [-0.05, 0) is 50.5 Å². The Morgan fingerprint density at radius 1 is 1.45 bits per heavy atom. The zero-order valence-corrected chi connectivity index (χ0v) is 12.4. The van der Waals surface area contributed by atoms with Crippen LogP contribution in [0.25, 0.3) is 0 Å². The first-order valence-corrected chi connectivity index (χ1v) is 7.44. The number of likely N-dealkylation sites (tertiary alicyclic amines) is 1. The summed E-state index contributed by atoms with van der Waals surface area (Å²) in [4.78, 5) is 14.4. The molecule has 1 aliphatic rings. The van der Waals surface area contributed by atoms with Crippen LogP contribution in [0.15, 0.2) is 18.2 Å². The molecule has 1 N–H and O–H groups in total. The fourth-order valence-electron chi connectivity index (χ4n) is 2.55. The fourth-order valence-corrected chi connectivity index (χ4v) is 2.80. The minimum atomic E-state index is -0.573. The molecule has 1 aromatic carbocycles. The fraction of sp³-hybridized carbons (Fsp3) is 0.533. The molecule has 0 bridgehead atoms. The lowest BCUT2D eigenvalue weighted by Gasteiger charge is -2.31. The van der Waals surface area contributed by atoms with Crippen molar-refractivity contribution in [2.75, 3.05) is 26.2 Å². The van der Waals surface area contributed by atoms with E-state index in [-0.39, 0.29) is 10.6 Å². The molecule has 5 heteroatoms. The Bertz CT molecular complexity index is 453. The number of hydrogen-bond acceptors (Lipinski definition) is 2. The van der Waals surface area contributed by atoms with Gasteiger partial charge in [0, 0.05) is 6.54 Å². The van der Waals surface area contributed by atoms with Gasteiger partial charge in [0.2, 0.25) is 0 Å². The first-order chi connectivity index (χ1) is 9.61.